The molecule has 1 unspecified atom stereocenters. The quantitative estimate of drug-likeness (QED) is 0.881. The molecule has 2 N–H and O–H groups in total. The molecule has 0 saturated carbocycles. The van der Waals surface area contributed by atoms with Crippen molar-refractivity contribution < 1.29 is 13.2 Å². The molecule has 20 heavy (non-hydrogen) atoms. The van der Waals surface area contributed by atoms with Crippen LogP contribution in [0.5, 0.6) is 0 Å². The van der Waals surface area contributed by atoms with E-state index in [1.165, 1.54) is 0 Å². The Hall–Kier alpha value is -1.40. The Kier molecular flexibility index (Phi) is 4.45. The number of rotatable bonds is 3. The van der Waals surface area contributed by atoms with E-state index in [2.05, 4.69) is 10.0 Å². The van der Waals surface area contributed by atoms with Gasteiger partial charge in [0, 0.05) is 19.0 Å². The molecule has 1 aliphatic rings. The minimum atomic E-state index is -3.52. The summed E-state index contributed by atoms with van der Waals surface area (Å²) in [4.78, 5) is 11.5. The van der Waals surface area contributed by atoms with Crippen molar-refractivity contribution >= 4 is 15.9 Å². The molecule has 1 heterocycles. The van der Waals surface area contributed by atoms with Crippen LogP contribution in [0.4, 0.5) is 0 Å². The van der Waals surface area contributed by atoms with E-state index < -0.39 is 10.0 Å². The summed E-state index contributed by atoms with van der Waals surface area (Å²) in [6.45, 7) is 4.35. The zero-order valence-corrected chi connectivity index (χ0v) is 12.6. The number of carbonyl (C=O) groups is 1. The summed E-state index contributed by atoms with van der Waals surface area (Å²) < 4.78 is 27.4. The lowest BCUT2D eigenvalue weighted by Crippen LogP contribution is -2.35. The first kappa shape index (κ1) is 15.0. The molecule has 1 saturated heterocycles. The first-order valence-electron chi connectivity index (χ1n) is 6.75. The number of sulfonamides is 1. The van der Waals surface area contributed by atoms with Gasteiger partial charge >= 0.3 is 0 Å². The maximum absolute atomic E-state index is 12.3. The van der Waals surface area contributed by atoms with Crippen LogP contribution >= 0.6 is 0 Å². The molecular weight excluding hydrogens is 276 g/mol. The lowest BCUT2D eigenvalue weighted by Gasteiger charge is -2.16. The van der Waals surface area contributed by atoms with Crippen LogP contribution in [0, 0.1) is 13.8 Å². The molecule has 1 atom stereocenters. The van der Waals surface area contributed by atoms with Crippen molar-refractivity contribution in [1.82, 2.24) is 10.0 Å². The van der Waals surface area contributed by atoms with Crippen LogP contribution < -0.4 is 10.0 Å². The Morgan fingerprint density at radius 1 is 1.20 bits per heavy atom. The van der Waals surface area contributed by atoms with E-state index in [4.69, 9.17) is 0 Å². The average Bonchev–Trinajstić information content (AvgIpc) is 2.57. The van der Waals surface area contributed by atoms with Gasteiger partial charge in [0.25, 0.3) is 0 Å². The van der Waals surface area contributed by atoms with E-state index in [0.717, 1.165) is 11.1 Å². The zero-order valence-electron chi connectivity index (χ0n) is 11.8. The number of amides is 1. The van der Waals surface area contributed by atoms with Crippen LogP contribution in [-0.2, 0) is 14.8 Å². The second-order valence-electron chi connectivity index (χ2n) is 5.24. The summed E-state index contributed by atoms with van der Waals surface area (Å²) in [6, 6.07) is 4.91. The van der Waals surface area contributed by atoms with Crippen molar-refractivity contribution in [3.8, 4) is 0 Å². The van der Waals surface area contributed by atoms with Crippen molar-refractivity contribution in [2.75, 3.05) is 6.54 Å². The molecule has 1 aromatic rings. The van der Waals surface area contributed by atoms with E-state index >= 15 is 0 Å². The smallest absolute Gasteiger partial charge is 0.240 e. The van der Waals surface area contributed by atoms with Gasteiger partial charge in [0.2, 0.25) is 15.9 Å². The number of hydrogen-bond acceptors (Lipinski definition) is 3. The molecule has 6 heteroatoms. The van der Waals surface area contributed by atoms with Gasteiger partial charge in [-0.15, -0.1) is 0 Å². The van der Waals surface area contributed by atoms with Gasteiger partial charge in [0.1, 0.15) is 0 Å². The summed E-state index contributed by atoms with van der Waals surface area (Å²) in [6.07, 6.45) is 1.52. The van der Waals surface area contributed by atoms with E-state index in [1.807, 2.05) is 19.9 Å². The summed E-state index contributed by atoms with van der Waals surface area (Å²) in [5, 5.41) is 2.74. The van der Waals surface area contributed by atoms with Gasteiger partial charge in [0.05, 0.1) is 4.90 Å². The van der Waals surface area contributed by atoms with E-state index in [1.54, 1.807) is 12.1 Å². The third-order valence-electron chi connectivity index (χ3n) is 3.65. The lowest BCUT2D eigenvalue weighted by molar-refractivity contribution is -0.120. The van der Waals surface area contributed by atoms with E-state index in [0.29, 0.717) is 25.8 Å². The van der Waals surface area contributed by atoms with Crippen LogP contribution in [0.3, 0.4) is 0 Å². The van der Waals surface area contributed by atoms with E-state index in [9.17, 15) is 13.2 Å². The minimum absolute atomic E-state index is 0.0159. The Labute approximate surface area is 119 Å². The normalized spacial score (nSPS) is 20.3. The Balaban J connectivity index is 2.14. The van der Waals surface area contributed by atoms with Gasteiger partial charge in [-0.1, -0.05) is 6.07 Å². The number of hydrogen-bond donors (Lipinski definition) is 2. The Bertz CT molecular complexity index is 611. The molecule has 1 amide bonds. The van der Waals surface area contributed by atoms with Gasteiger partial charge in [0.15, 0.2) is 0 Å². The Morgan fingerprint density at radius 3 is 2.65 bits per heavy atom. The standard InChI is InChI=1S/C14H20N2O3S/c1-10-3-5-13(9-11(10)2)20(18,19)16-12-4-6-14(17)15-8-7-12/h3,5,9,12,16H,4,6-8H2,1-2H3,(H,15,17). The minimum Gasteiger partial charge on any atom is -0.356 e. The summed E-state index contributed by atoms with van der Waals surface area (Å²) in [5.41, 5.74) is 2.01. The van der Waals surface area contributed by atoms with Crippen LogP contribution in [0.2, 0.25) is 0 Å². The lowest BCUT2D eigenvalue weighted by atomic mass is 10.1. The van der Waals surface area contributed by atoms with Gasteiger partial charge in [-0.2, -0.15) is 0 Å². The highest BCUT2D eigenvalue weighted by atomic mass is 32.2. The summed E-state index contributed by atoms with van der Waals surface area (Å²) in [5.74, 6) is -0.0159. The maximum Gasteiger partial charge on any atom is 0.240 e. The highest BCUT2D eigenvalue weighted by Crippen LogP contribution is 2.16. The van der Waals surface area contributed by atoms with Crippen LogP contribution in [0.1, 0.15) is 30.4 Å². The van der Waals surface area contributed by atoms with Crippen LogP contribution in [0.15, 0.2) is 23.1 Å². The van der Waals surface area contributed by atoms with Crippen LogP contribution in [0.25, 0.3) is 0 Å². The Morgan fingerprint density at radius 2 is 1.95 bits per heavy atom. The van der Waals surface area contributed by atoms with E-state index in [-0.39, 0.29) is 16.8 Å². The fourth-order valence-corrected chi connectivity index (χ4v) is 3.60. The molecule has 0 aromatic heterocycles. The average molecular weight is 296 g/mol. The van der Waals surface area contributed by atoms with Gasteiger partial charge in [-0.05, 0) is 49.9 Å². The fourth-order valence-electron chi connectivity index (χ4n) is 2.21. The first-order chi connectivity index (χ1) is 9.38. The number of nitrogens with one attached hydrogen (secondary N) is 2. The van der Waals surface area contributed by atoms with Gasteiger partial charge in [-0.3, -0.25) is 4.79 Å². The van der Waals surface area contributed by atoms with Crippen molar-refractivity contribution in [2.24, 2.45) is 0 Å². The highest BCUT2D eigenvalue weighted by molar-refractivity contribution is 7.89. The predicted octanol–water partition coefficient (Wildman–Crippen LogP) is 1.25. The second kappa shape index (κ2) is 5.93. The third-order valence-corrected chi connectivity index (χ3v) is 5.16. The monoisotopic (exact) mass is 296 g/mol. The molecule has 5 nitrogen and oxygen atoms in total. The van der Waals surface area contributed by atoms with Crippen molar-refractivity contribution in [2.45, 2.75) is 44.0 Å². The first-order valence-corrected chi connectivity index (χ1v) is 8.23. The molecule has 1 fully saturated rings. The van der Waals surface area contributed by atoms with Gasteiger partial charge in [-0.25, -0.2) is 13.1 Å². The molecule has 0 aliphatic carbocycles. The SMILES string of the molecule is Cc1ccc(S(=O)(=O)NC2CCNC(=O)CC2)cc1C. The highest BCUT2D eigenvalue weighted by Gasteiger charge is 2.22. The largest absolute Gasteiger partial charge is 0.356 e. The molecule has 0 bridgehead atoms. The van der Waals surface area contributed by atoms with Crippen molar-refractivity contribution in [3.63, 3.8) is 0 Å². The summed E-state index contributed by atoms with van der Waals surface area (Å²) in [7, 11) is -3.52. The molecule has 110 valence electrons. The third kappa shape index (κ3) is 3.58. The fraction of sp³-hybridized carbons (Fsp3) is 0.500. The number of carbonyl (C=O) groups excluding carboxylic acids is 1. The maximum atomic E-state index is 12.3. The molecule has 1 aliphatic heterocycles. The molecule has 0 spiro atoms. The zero-order chi connectivity index (χ0) is 14.8. The molecule has 0 radical (unpaired) electrons. The second-order valence-corrected chi connectivity index (χ2v) is 6.96. The van der Waals surface area contributed by atoms with Crippen molar-refractivity contribution in [3.05, 3.63) is 29.3 Å². The van der Waals surface area contributed by atoms with Crippen molar-refractivity contribution in [1.29, 1.82) is 0 Å². The van der Waals surface area contributed by atoms with Gasteiger partial charge < -0.3 is 5.32 Å². The predicted molar refractivity (Wildman–Crippen MR) is 76.9 cm³/mol. The molecule has 2 rings (SSSR count). The number of aryl methyl sites for hydroxylation is 2. The molecular formula is C14H20N2O3S. The summed E-state index contributed by atoms with van der Waals surface area (Å²) >= 11 is 0. The van der Waals surface area contributed by atoms with Crippen LogP contribution in [-0.4, -0.2) is 26.9 Å². The number of benzene rings is 1. The molecule has 1 aromatic carbocycles. The topological polar surface area (TPSA) is 75.3 Å².